The van der Waals surface area contributed by atoms with Crippen molar-refractivity contribution in [3.8, 4) is 11.5 Å². The lowest BCUT2D eigenvalue weighted by Gasteiger charge is -2.34. The van der Waals surface area contributed by atoms with Gasteiger partial charge in [-0.05, 0) is 36.8 Å². The number of sulfonamides is 1. The molecule has 0 bridgehead atoms. The highest BCUT2D eigenvalue weighted by atomic mass is 32.2. The van der Waals surface area contributed by atoms with Gasteiger partial charge in [-0.2, -0.15) is 8.78 Å². The summed E-state index contributed by atoms with van der Waals surface area (Å²) in [7, 11) is -3.61. The van der Waals surface area contributed by atoms with Crippen LogP contribution >= 0.6 is 0 Å². The molecule has 0 aliphatic carbocycles. The normalized spacial score (nSPS) is 14.8. The highest BCUT2D eigenvalue weighted by Gasteiger charge is 2.23. The van der Waals surface area contributed by atoms with Crippen LogP contribution in [0.15, 0.2) is 47.0 Å². The fourth-order valence-electron chi connectivity index (χ4n) is 3.98. The van der Waals surface area contributed by atoms with Crippen LogP contribution in [0.5, 0.6) is 0 Å². The van der Waals surface area contributed by atoms with E-state index in [4.69, 9.17) is 4.42 Å². The molecule has 1 amide bonds. The number of piperazine rings is 1. The topological polar surface area (TPSA) is 113 Å². The number of rotatable bonds is 9. The van der Waals surface area contributed by atoms with Crippen LogP contribution in [0.25, 0.3) is 11.5 Å². The van der Waals surface area contributed by atoms with Gasteiger partial charge in [-0.25, -0.2) is 8.42 Å². The summed E-state index contributed by atoms with van der Waals surface area (Å²) < 4.78 is 57.4. The molecule has 3 aromatic rings. The van der Waals surface area contributed by atoms with Gasteiger partial charge in [0.1, 0.15) is 0 Å². The summed E-state index contributed by atoms with van der Waals surface area (Å²) in [6, 6.07) is 10.5. The SMILES string of the molecule is CCS(=O)(=O)N(Cc1ccc(-c2nnc(C(F)F)o2)cn1)c1ccc(CN2CCN(C(C)=O)CC2)cc1. The van der Waals surface area contributed by atoms with Crippen LogP contribution in [0.3, 0.4) is 0 Å². The molecule has 1 aliphatic heterocycles. The molecule has 13 heteroatoms. The zero-order valence-electron chi connectivity index (χ0n) is 20.5. The Labute approximate surface area is 214 Å². The van der Waals surface area contributed by atoms with E-state index in [-0.39, 0.29) is 24.1 Å². The number of hydrogen-bond donors (Lipinski definition) is 0. The minimum atomic E-state index is -3.61. The van der Waals surface area contributed by atoms with E-state index in [1.54, 1.807) is 38.1 Å². The molecule has 1 saturated heterocycles. The molecule has 0 saturated carbocycles. The number of carbonyl (C=O) groups is 1. The van der Waals surface area contributed by atoms with Crippen molar-refractivity contribution in [3.63, 3.8) is 0 Å². The predicted octanol–water partition coefficient (Wildman–Crippen LogP) is 3.09. The van der Waals surface area contributed by atoms with Gasteiger partial charge >= 0.3 is 6.43 Å². The molecule has 2 aromatic heterocycles. The summed E-state index contributed by atoms with van der Waals surface area (Å²) >= 11 is 0. The Kier molecular flexibility index (Phi) is 8.13. The molecule has 3 heterocycles. The highest BCUT2D eigenvalue weighted by molar-refractivity contribution is 7.92. The van der Waals surface area contributed by atoms with Crippen LogP contribution in [-0.2, 0) is 27.9 Å². The zero-order valence-corrected chi connectivity index (χ0v) is 21.4. The van der Waals surface area contributed by atoms with Gasteiger partial charge in [0.15, 0.2) is 0 Å². The van der Waals surface area contributed by atoms with Crippen molar-refractivity contribution >= 4 is 21.6 Å². The first-order chi connectivity index (χ1) is 17.7. The lowest BCUT2D eigenvalue weighted by molar-refractivity contribution is -0.130. The molecule has 0 atom stereocenters. The van der Waals surface area contributed by atoms with Crippen LogP contribution in [0.1, 0.15) is 37.4 Å². The number of hydrogen-bond acceptors (Lipinski definition) is 8. The molecule has 198 valence electrons. The third-order valence-corrected chi connectivity index (χ3v) is 7.89. The number of alkyl halides is 2. The molecule has 0 N–H and O–H groups in total. The molecular formula is C24H28F2N6O4S. The average molecular weight is 535 g/mol. The monoisotopic (exact) mass is 534 g/mol. The van der Waals surface area contributed by atoms with E-state index in [1.807, 2.05) is 17.0 Å². The Morgan fingerprint density at radius 2 is 1.78 bits per heavy atom. The number of halogens is 2. The highest BCUT2D eigenvalue weighted by Crippen LogP contribution is 2.25. The quantitative estimate of drug-likeness (QED) is 0.412. The van der Waals surface area contributed by atoms with Crippen LogP contribution in [0.2, 0.25) is 0 Å². The van der Waals surface area contributed by atoms with Crippen molar-refractivity contribution in [2.45, 2.75) is 33.4 Å². The van der Waals surface area contributed by atoms with Crippen molar-refractivity contribution in [1.82, 2.24) is 25.0 Å². The molecule has 4 rings (SSSR count). The number of carbonyl (C=O) groups excluding carboxylic acids is 1. The Hall–Kier alpha value is -3.45. The standard InChI is InChI=1S/C24H28F2N6O4S/c1-3-37(34,35)32(16-20-7-6-19(14-27-20)23-28-29-24(36-23)22(25)26)21-8-4-18(5-9-21)15-30-10-12-31(13-11-30)17(2)33/h4-9,14,22H,3,10-13,15-16H2,1-2H3. The molecule has 1 fully saturated rings. The summed E-state index contributed by atoms with van der Waals surface area (Å²) in [6.45, 7) is 6.81. The van der Waals surface area contributed by atoms with Crippen LogP contribution in [0, 0.1) is 0 Å². The second kappa shape index (κ2) is 11.3. The van der Waals surface area contributed by atoms with Gasteiger partial charge in [0.25, 0.3) is 5.89 Å². The van der Waals surface area contributed by atoms with E-state index < -0.39 is 22.3 Å². The van der Waals surface area contributed by atoms with E-state index in [1.165, 1.54) is 10.5 Å². The summed E-state index contributed by atoms with van der Waals surface area (Å²) in [6.07, 6.45) is -1.49. The molecule has 0 spiro atoms. The summed E-state index contributed by atoms with van der Waals surface area (Å²) in [5, 5.41) is 6.90. The first-order valence-electron chi connectivity index (χ1n) is 11.8. The summed E-state index contributed by atoms with van der Waals surface area (Å²) in [5.74, 6) is -0.876. The Bertz CT molecular complexity index is 1310. The number of nitrogens with zero attached hydrogens (tertiary/aromatic N) is 6. The number of aromatic nitrogens is 3. The summed E-state index contributed by atoms with van der Waals surface area (Å²) in [5.41, 5.74) is 2.36. The third-order valence-electron chi connectivity index (χ3n) is 6.15. The maximum Gasteiger partial charge on any atom is 0.314 e. The van der Waals surface area contributed by atoms with E-state index in [0.717, 1.165) is 18.7 Å². The van der Waals surface area contributed by atoms with E-state index in [9.17, 15) is 22.0 Å². The third kappa shape index (κ3) is 6.46. The van der Waals surface area contributed by atoms with E-state index in [0.29, 0.717) is 36.6 Å². The lowest BCUT2D eigenvalue weighted by Crippen LogP contribution is -2.47. The van der Waals surface area contributed by atoms with Gasteiger partial charge in [0.05, 0.1) is 29.2 Å². The van der Waals surface area contributed by atoms with Crippen molar-refractivity contribution in [2.24, 2.45) is 0 Å². The predicted molar refractivity (Wildman–Crippen MR) is 132 cm³/mol. The van der Waals surface area contributed by atoms with Gasteiger partial charge in [0.2, 0.25) is 21.8 Å². The molecule has 10 nitrogen and oxygen atoms in total. The molecule has 1 aromatic carbocycles. The molecule has 0 radical (unpaired) electrons. The van der Waals surface area contributed by atoms with Gasteiger partial charge < -0.3 is 9.32 Å². The second-order valence-corrected chi connectivity index (χ2v) is 10.8. The van der Waals surface area contributed by atoms with Gasteiger partial charge in [0, 0.05) is 45.8 Å². The van der Waals surface area contributed by atoms with Crippen LogP contribution in [0.4, 0.5) is 14.5 Å². The van der Waals surface area contributed by atoms with Crippen molar-refractivity contribution in [1.29, 1.82) is 0 Å². The Morgan fingerprint density at radius 3 is 2.32 bits per heavy atom. The minimum absolute atomic E-state index is 0.00504. The van der Waals surface area contributed by atoms with Crippen LogP contribution in [-0.4, -0.2) is 71.2 Å². The molecule has 37 heavy (non-hydrogen) atoms. The first kappa shape index (κ1) is 26.6. The number of pyridine rings is 1. The fourth-order valence-corrected chi connectivity index (χ4v) is 5.07. The molecular weight excluding hydrogens is 506 g/mol. The lowest BCUT2D eigenvalue weighted by atomic mass is 10.1. The maximum absolute atomic E-state index is 12.9. The maximum atomic E-state index is 12.9. The smallest absolute Gasteiger partial charge is 0.314 e. The zero-order chi connectivity index (χ0) is 26.6. The minimum Gasteiger partial charge on any atom is -0.415 e. The fraction of sp³-hybridized carbons (Fsp3) is 0.417. The van der Waals surface area contributed by atoms with Crippen molar-refractivity contribution in [3.05, 3.63) is 59.7 Å². The second-order valence-electron chi connectivity index (χ2n) is 8.64. The molecule has 0 unspecified atom stereocenters. The first-order valence-corrected chi connectivity index (χ1v) is 13.4. The van der Waals surface area contributed by atoms with E-state index in [2.05, 4.69) is 20.1 Å². The number of benzene rings is 1. The van der Waals surface area contributed by atoms with Gasteiger partial charge in [-0.1, -0.05) is 12.1 Å². The van der Waals surface area contributed by atoms with Gasteiger partial charge in [-0.3, -0.25) is 19.0 Å². The summed E-state index contributed by atoms with van der Waals surface area (Å²) in [4.78, 5) is 19.9. The van der Waals surface area contributed by atoms with Crippen LogP contribution < -0.4 is 4.31 Å². The Morgan fingerprint density at radius 1 is 1.08 bits per heavy atom. The van der Waals surface area contributed by atoms with Crippen molar-refractivity contribution in [2.75, 3.05) is 36.2 Å². The number of anilines is 1. The Balaban J connectivity index is 1.45. The average Bonchev–Trinajstić information content (AvgIpc) is 3.39. The van der Waals surface area contributed by atoms with E-state index >= 15 is 0 Å². The van der Waals surface area contributed by atoms with Crippen molar-refractivity contribution < 1.29 is 26.4 Å². The largest absolute Gasteiger partial charge is 0.415 e. The van der Waals surface area contributed by atoms with Gasteiger partial charge in [-0.15, -0.1) is 10.2 Å². The molecule has 1 aliphatic rings. The number of amides is 1.